The van der Waals surface area contributed by atoms with Gasteiger partial charge >= 0.3 is 11.9 Å². The van der Waals surface area contributed by atoms with E-state index in [-0.39, 0.29) is 5.97 Å². The van der Waals surface area contributed by atoms with Crippen LogP contribution in [0.2, 0.25) is 0 Å². The Morgan fingerprint density at radius 1 is 1.15 bits per heavy atom. The molecule has 20 heavy (non-hydrogen) atoms. The van der Waals surface area contributed by atoms with Gasteiger partial charge in [-0.3, -0.25) is 9.59 Å². The summed E-state index contributed by atoms with van der Waals surface area (Å²) >= 11 is 0. The Balaban J connectivity index is 2.73. The first-order chi connectivity index (χ1) is 9.43. The predicted octanol–water partition coefficient (Wildman–Crippen LogP) is 3.59. The van der Waals surface area contributed by atoms with Gasteiger partial charge in [-0.05, 0) is 25.7 Å². The number of carboxylic acid groups (broad SMARTS) is 1. The maximum Gasteiger partial charge on any atom is 0.310 e. The van der Waals surface area contributed by atoms with E-state index in [2.05, 4.69) is 23.1 Å². The van der Waals surface area contributed by atoms with Crippen molar-refractivity contribution in [3.63, 3.8) is 0 Å². The lowest BCUT2D eigenvalue weighted by Gasteiger charge is -2.33. The fourth-order valence-electron chi connectivity index (χ4n) is 3.06. The number of rotatable bonds is 7. The van der Waals surface area contributed by atoms with E-state index in [0.29, 0.717) is 12.8 Å². The largest absolute Gasteiger partial charge is 0.481 e. The first-order valence-corrected chi connectivity index (χ1v) is 8.25. The number of esters is 1. The molecule has 0 heterocycles. The van der Waals surface area contributed by atoms with E-state index in [0.717, 1.165) is 38.5 Å². The Hall–Kier alpha value is -0.630. The van der Waals surface area contributed by atoms with Crippen LogP contribution < -0.4 is 0 Å². The Bertz CT molecular complexity index is 337. The molecule has 0 spiro atoms. The smallest absolute Gasteiger partial charge is 0.310 e. The molecule has 116 valence electrons. The predicted molar refractivity (Wildman–Crippen MR) is 81.4 cm³/mol. The van der Waals surface area contributed by atoms with E-state index in [1.807, 2.05) is 0 Å². The monoisotopic (exact) mass is 302 g/mol. The van der Waals surface area contributed by atoms with Crippen LogP contribution in [-0.2, 0) is 14.3 Å². The molecule has 0 bridgehead atoms. The second kappa shape index (κ2) is 7.97. The molecule has 0 aromatic rings. The second-order valence-electron chi connectivity index (χ2n) is 5.82. The van der Waals surface area contributed by atoms with Gasteiger partial charge in [0.15, 0.2) is 0 Å². The molecule has 1 fully saturated rings. The molecule has 0 amide bonds. The van der Waals surface area contributed by atoms with Crippen LogP contribution in [0, 0.1) is 11.8 Å². The van der Waals surface area contributed by atoms with Crippen LogP contribution in [0.3, 0.4) is 0 Å². The summed E-state index contributed by atoms with van der Waals surface area (Å²) in [5.41, 5.74) is 0. The Morgan fingerprint density at radius 3 is 2.10 bits per heavy atom. The van der Waals surface area contributed by atoms with Gasteiger partial charge in [0.25, 0.3) is 0 Å². The van der Waals surface area contributed by atoms with Crippen LogP contribution in [0.1, 0.15) is 65.2 Å². The highest BCUT2D eigenvalue weighted by atomic mass is 31.0. The zero-order chi connectivity index (χ0) is 15.2. The minimum atomic E-state index is -0.869. The third-order valence-corrected chi connectivity index (χ3v) is 4.73. The molecule has 3 atom stereocenters. The van der Waals surface area contributed by atoms with Crippen LogP contribution in [-0.4, -0.2) is 22.4 Å². The number of carboxylic acids is 1. The summed E-state index contributed by atoms with van der Waals surface area (Å²) in [7, 11) is 2.67. The van der Waals surface area contributed by atoms with Crippen molar-refractivity contribution in [3.8, 4) is 0 Å². The standard InChI is InChI=1S/C15H27O4P/c1-3-9-15(20,10-4-2)19-14(18)12-8-6-5-7-11(12)13(16)17/h11-12H,3-10,20H2,1-2H3,(H,16,17). The molecule has 3 unspecified atom stereocenters. The molecular weight excluding hydrogens is 275 g/mol. The lowest BCUT2D eigenvalue weighted by atomic mass is 9.79. The molecule has 0 aromatic carbocycles. The van der Waals surface area contributed by atoms with Crippen LogP contribution in [0.25, 0.3) is 0 Å². The first-order valence-electron chi connectivity index (χ1n) is 7.68. The normalized spacial score (nSPS) is 23.4. The van der Waals surface area contributed by atoms with Crippen molar-refractivity contribution in [2.24, 2.45) is 11.8 Å². The summed E-state index contributed by atoms with van der Waals surface area (Å²) in [6, 6.07) is 0. The maximum atomic E-state index is 12.4. The molecule has 1 N–H and O–H groups in total. The molecule has 1 aliphatic rings. The van der Waals surface area contributed by atoms with Crippen molar-refractivity contribution in [2.45, 2.75) is 70.6 Å². The van der Waals surface area contributed by atoms with Crippen LogP contribution in [0.4, 0.5) is 0 Å². The molecule has 1 rings (SSSR count). The molecule has 0 radical (unpaired) electrons. The number of carbonyl (C=O) groups excluding carboxylic acids is 1. The summed E-state index contributed by atoms with van der Waals surface area (Å²) in [6.45, 7) is 4.12. The topological polar surface area (TPSA) is 63.6 Å². The molecule has 0 aliphatic heterocycles. The van der Waals surface area contributed by atoms with Crippen molar-refractivity contribution < 1.29 is 19.4 Å². The minimum Gasteiger partial charge on any atom is -0.481 e. The molecule has 4 nitrogen and oxygen atoms in total. The lowest BCUT2D eigenvalue weighted by Crippen LogP contribution is -2.38. The van der Waals surface area contributed by atoms with Crippen molar-refractivity contribution in [2.75, 3.05) is 0 Å². The highest BCUT2D eigenvalue weighted by Crippen LogP contribution is 2.36. The lowest BCUT2D eigenvalue weighted by molar-refractivity contribution is -0.166. The third-order valence-electron chi connectivity index (χ3n) is 4.04. The number of carbonyl (C=O) groups is 2. The van der Waals surface area contributed by atoms with E-state index in [1.165, 1.54) is 0 Å². The second-order valence-corrected chi connectivity index (χ2v) is 6.87. The van der Waals surface area contributed by atoms with Gasteiger partial charge in [-0.1, -0.05) is 48.8 Å². The maximum absolute atomic E-state index is 12.4. The van der Waals surface area contributed by atoms with Crippen molar-refractivity contribution >= 4 is 21.2 Å². The first kappa shape index (κ1) is 17.4. The van der Waals surface area contributed by atoms with E-state index in [9.17, 15) is 14.7 Å². The SMILES string of the molecule is CCCC(P)(CCC)OC(=O)C1CCCCC1C(=O)O. The van der Waals surface area contributed by atoms with Gasteiger partial charge in [0.2, 0.25) is 0 Å². The summed E-state index contributed by atoms with van der Waals surface area (Å²) in [5, 5.41) is 8.72. The van der Waals surface area contributed by atoms with E-state index in [4.69, 9.17) is 4.74 Å². The molecule has 0 aromatic heterocycles. The van der Waals surface area contributed by atoms with E-state index >= 15 is 0 Å². The van der Waals surface area contributed by atoms with Gasteiger partial charge < -0.3 is 9.84 Å². The molecule has 5 heteroatoms. The zero-order valence-corrected chi connectivity index (χ0v) is 13.7. The van der Waals surface area contributed by atoms with Crippen LogP contribution in [0.15, 0.2) is 0 Å². The van der Waals surface area contributed by atoms with E-state index < -0.39 is 23.1 Å². The Kier molecular flexibility index (Phi) is 6.94. The average molecular weight is 302 g/mol. The molecular formula is C15H27O4P. The zero-order valence-electron chi connectivity index (χ0n) is 12.6. The summed E-state index contributed by atoms with van der Waals surface area (Å²) in [5.74, 6) is -2.25. The summed E-state index contributed by atoms with van der Waals surface area (Å²) < 4.78 is 5.70. The highest BCUT2D eigenvalue weighted by Gasteiger charge is 2.39. The quantitative estimate of drug-likeness (QED) is 0.576. The molecule has 1 saturated carbocycles. The fourth-order valence-corrected chi connectivity index (χ4v) is 3.75. The summed E-state index contributed by atoms with van der Waals surface area (Å²) in [6.07, 6.45) is 6.47. The third kappa shape index (κ3) is 4.73. The van der Waals surface area contributed by atoms with Gasteiger partial charge in [-0.15, -0.1) is 0 Å². The minimum absolute atomic E-state index is 0.325. The Labute approximate surface area is 123 Å². The van der Waals surface area contributed by atoms with E-state index in [1.54, 1.807) is 0 Å². The Morgan fingerprint density at radius 2 is 1.65 bits per heavy atom. The number of hydrogen-bond acceptors (Lipinski definition) is 3. The van der Waals surface area contributed by atoms with Gasteiger partial charge in [0.1, 0.15) is 5.34 Å². The van der Waals surface area contributed by atoms with Crippen LogP contribution in [0.5, 0.6) is 0 Å². The fraction of sp³-hybridized carbons (Fsp3) is 0.867. The number of ether oxygens (including phenoxy) is 1. The molecule has 1 aliphatic carbocycles. The van der Waals surface area contributed by atoms with Crippen molar-refractivity contribution in [1.82, 2.24) is 0 Å². The van der Waals surface area contributed by atoms with Crippen molar-refractivity contribution in [1.29, 1.82) is 0 Å². The van der Waals surface area contributed by atoms with Crippen molar-refractivity contribution in [3.05, 3.63) is 0 Å². The molecule has 0 saturated heterocycles. The van der Waals surface area contributed by atoms with Crippen LogP contribution >= 0.6 is 9.24 Å². The number of hydrogen-bond donors (Lipinski definition) is 1. The summed E-state index contributed by atoms with van der Waals surface area (Å²) in [4.78, 5) is 23.7. The average Bonchev–Trinajstić information content (AvgIpc) is 2.38. The number of aliphatic carboxylic acids is 1. The van der Waals surface area contributed by atoms with Gasteiger partial charge in [0, 0.05) is 0 Å². The van der Waals surface area contributed by atoms with Gasteiger partial charge in [-0.25, -0.2) is 0 Å². The van der Waals surface area contributed by atoms with Gasteiger partial charge in [-0.2, -0.15) is 0 Å². The highest BCUT2D eigenvalue weighted by molar-refractivity contribution is 7.18. The van der Waals surface area contributed by atoms with Gasteiger partial charge in [0.05, 0.1) is 11.8 Å².